The summed E-state index contributed by atoms with van der Waals surface area (Å²) >= 11 is 6.04. The van der Waals surface area contributed by atoms with Gasteiger partial charge >= 0.3 is 0 Å². The fraction of sp³-hybridized carbons (Fsp3) is 0.0556. The topological polar surface area (TPSA) is 54.9 Å². The summed E-state index contributed by atoms with van der Waals surface area (Å²) in [5, 5.41) is 3.18. The first-order valence-electron chi connectivity index (χ1n) is 7.20. The third-order valence-corrected chi connectivity index (χ3v) is 3.78. The summed E-state index contributed by atoms with van der Waals surface area (Å²) in [6.45, 7) is 1.72. The van der Waals surface area contributed by atoms with Crippen molar-refractivity contribution < 1.29 is 9.18 Å². The van der Waals surface area contributed by atoms with Crippen LogP contribution < -0.4 is 5.32 Å². The van der Waals surface area contributed by atoms with E-state index in [4.69, 9.17) is 11.6 Å². The van der Waals surface area contributed by atoms with Gasteiger partial charge in [-0.05, 0) is 43.3 Å². The highest BCUT2D eigenvalue weighted by molar-refractivity contribution is 6.33. The fourth-order valence-electron chi connectivity index (χ4n) is 2.18. The van der Waals surface area contributed by atoms with E-state index in [0.29, 0.717) is 33.4 Å². The maximum atomic E-state index is 13.0. The highest BCUT2D eigenvalue weighted by atomic mass is 35.5. The van der Waals surface area contributed by atoms with Crippen LogP contribution in [0.3, 0.4) is 0 Å². The van der Waals surface area contributed by atoms with Gasteiger partial charge in [0, 0.05) is 11.8 Å². The molecule has 0 aliphatic heterocycles. The lowest BCUT2D eigenvalue weighted by atomic mass is 10.1. The number of hydrogen-bond acceptors (Lipinski definition) is 3. The van der Waals surface area contributed by atoms with E-state index < -0.39 is 0 Å². The molecule has 3 aromatic rings. The van der Waals surface area contributed by atoms with Crippen LogP contribution in [0, 0.1) is 12.7 Å². The van der Waals surface area contributed by atoms with Crippen molar-refractivity contribution in [1.82, 2.24) is 9.97 Å². The van der Waals surface area contributed by atoms with Crippen molar-refractivity contribution in [3.63, 3.8) is 0 Å². The van der Waals surface area contributed by atoms with Gasteiger partial charge in [-0.15, -0.1) is 0 Å². The molecule has 0 aliphatic carbocycles. The highest BCUT2D eigenvalue weighted by Gasteiger charge is 2.14. The van der Waals surface area contributed by atoms with Crippen molar-refractivity contribution >= 4 is 23.2 Å². The number of hydrogen-bond donors (Lipinski definition) is 1. The number of para-hydroxylation sites is 1. The Morgan fingerprint density at radius 1 is 1.12 bits per heavy atom. The first-order chi connectivity index (χ1) is 11.5. The predicted octanol–water partition coefficient (Wildman–Crippen LogP) is 4.50. The van der Waals surface area contributed by atoms with Crippen molar-refractivity contribution in [2.24, 2.45) is 0 Å². The normalized spacial score (nSPS) is 10.5. The van der Waals surface area contributed by atoms with E-state index in [-0.39, 0.29) is 11.7 Å². The van der Waals surface area contributed by atoms with Gasteiger partial charge in [-0.2, -0.15) is 0 Å². The second-order valence-electron chi connectivity index (χ2n) is 5.13. The van der Waals surface area contributed by atoms with E-state index in [1.165, 1.54) is 18.3 Å². The van der Waals surface area contributed by atoms with Crippen molar-refractivity contribution in [3.8, 4) is 11.4 Å². The molecule has 24 heavy (non-hydrogen) atoms. The van der Waals surface area contributed by atoms with E-state index >= 15 is 0 Å². The quantitative estimate of drug-likeness (QED) is 0.763. The van der Waals surface area contributed by atoms with Crippen molar-refractivity contribution in [1.29, 1.82) is 0 Å². The first kappa shape index (κ1) is 16.1. The zero-order chi connectivity index (χ0) is 17.1. The second-order valence-corrected chi connectivity index (χ2v) is 5.54. The molecule has 1 amide bonds. The maximum Gasteiger partial charge on any atom is 0.259 e. The van der Waals surface area contributed by atoms with Crippen molar-refractivity contribution in [2.45, 2.75) is 6.92 Å². The van der Waals surface area contributed by atoms with E-state index in [9.17, 15) is 9.18 Å². The van der Waals surface area contributed by atoms with Crippen LogP contribution in [0.15, 0.2) is 54.7 Å². The van der Waals surface area contributed by atoms with Gasteiger partial charge in [0.05, 0.1) is 22.0 Å². The number of carbonyl (C=O) groups is 1. The van der Waals surface area contributed by atoms with E-state index in [0.717, 1.165) is 0 Å². The number of carbonyl (C=O) groups excluding carboxylic acids is 1. The summed E-state index contributed by atoms with van der Waals surface area (Å²) in [6.07, 6.45) is 1.45. The zero-order valence-corrected chi connectivity index (χ0v) is 13.5. The lowest BCUT2D eigenvalue weighted by molar-refractivity contribution is 0.102. The Kier molecular flexibility index (Phi) is 4.53. The predicted molar refractivity (Wildman–Crippen MR) is 91.6 cm³/mol. The van der Waals surface area contributed by atoms with Crippen LogP contribution in [-0.4, -0.2) is 15.9 Å². The molecule has 6 heteroatoms. The monoisotopic (exact) mass is 341 g/mol. The highest BCUT2D eigenvalue weighted by Crippen LogP contribution is 2.22. The minimum atomic E-state index is -0.341. The van der Waals surface area contributed by atoms with Crippen LogP contribution >= 0.6 is 11.6 Å². The lowest BCUT2D eigenvalue weighted by Gasteiger charge is -2.09. The Hall–Kier alpha value is -2.79. The number of nitrogens with one attached hydrogen (secondary N) is 1. The van der Waals surface area contributed by atoms with E-state index in [2.05, 4.69) is 15.3 Å². The van der Waals surface area contributed by atoms with Gasteiger partial charge in [0.2, 0.25) is 0 Å². The van der Waals surface area contributed by atoms with Gasteiger partial charge in [-0.25, -0.2) is 14.4 Å². The number of aryl methyl sites for hydroxylation is 1. The van der Waals surface area contributed by atoms with Crippen molar-refractivity contribution in [3.05, 3.63) is 76.8 Å². The molecule has 0 aliphatic rings. The zero-order valence-electron chi connectivity index (χ0n) is 12.8. The molecule has 0 unspecified atom stereocenters. The Morgan fingerprint density at radius 2 is 1.83 bits per heavy atom. The number of halogens is 2. The largest absolute Gasteiger partial charge is 0.321 e. The Morgan fingerprint density at radius 3 is 2.50 bits per heavy atom. The van der Waals surface area contributed by atoms with Gasteiger partial charge in [-0.3, -0.25) is 4.79 Å². The van der Waals surface area contributed by atoms with E-state index in [1.807, 2.05) is 0 Å². The average molecular weight is 342 g/mol. The molecule has 4 nitrogen and oxygen atoms in total. The average Bonchev–Trinajstić information content (AvgIpc) is 2.57. The standard InChI is InChI=1S/C18H13ClFN3O/c1-11-14(18(24)23-16-5-3-2-4-15(16)19)10-21-17(22-11)12-6-8-13(20)9-7-12/h2-10H,1H3,(H,23,24). The summed E-state index contributed by atoms with van der Waals surface area (Å²) in [6, 6.07) is 12.8. The molecule has 120 valence electrons. The second kappa shape index (κ2) is 6.76. The fourth-order valence-corrected chi connectivity index (χ4v) is 2.36. The maximum absolute atomic E-state index is 13.0. The molecule has 2 aromatic carbocycles. The Bertz CT molecular complexity index is 897. The van der Waals surface area contributed by atoms with Gasteiger partial charge in [-0.1, -0.05) is 23.7 Å². The number of anilines is 1. The minimum absolute atomic E-state index is 0.328. The summed E-state index contributed by atoms with van der Waals surface area (Å²) in [4.78, 5) is 20.9. The number of rotatable bonds is 3. The molecule has 1 aromatic heterocycles. The van der Waals surface area contributed by atoms with Gasteiger partial charge in [0.15, 0.2) is 5.82 Å². The molecule has 0 saturated carbocycles. The molecule has 0 saturated heterocycles. The number of aromatic nitrogens is 2. The van der Waals surface area contributed by atoms with Gasteiger partial charge in [0.25, 0.3) is 5.91 Å². The summed E-state index contributed by atoms with van der Waals surface area (Å²) in [5.74, 6) is -0.237. The Labute approximate surface area is 143 Å². The van der Waals surface area contributed by atoms with Gasteiger partial charge < -0.3 is 5.32 Å². The van der Waals surface area contributed by atoms with Crippen molar-refractivity contribution in [2.75, 3.05) is 5.32 Å². The third kappa shape index (κ3) is 3.41. The summed E-state index contributed by atoms with van der Waals surface area (Å²) < 4.78 is 13.0. The van der Waals surface area contributed by atoms with E-state index in [1.54, 1.807) is 43.3 Å². The van der Waals surface area contributed by atoms with Crippen LogP contribution in [0.2, 0.25) is 5.02 Å². The molecule has 0 atom stereocenters. The van der Waals surface area contributed by atoms with Crippen LogP contribution in [0.25, 0.3) is 11.4 Å². The first-order valence-corrected chi connectivity index (χ1v) is 7.58. The minimum Gasteiger partial charge on any atom is -0.321 e. The third-order valence-electron chi connectivity index (χ3n) is 3.45. The smallest absolute Gasteiger partial charge is 0.259 e. The number of benzene rings is 2. The van der Waals surface area contributed by atoms with Gasteiger partial charge in [0.1, 0.15) is 5.82 Å². The molecular formula is C18H13ClFN3O. The van der Waals surface area contributed by atoms with Crippen LogP contribution in [-0.2, 0) is 0 Å². The molecule has 0 radical (unpaired) electrons. The summed E-state index contributed by atoms with van der Waals surface area (Å²) in [7, 11) is 0. The number of amides is 1. The van der Waals surface area contributed by atoms with Crippen LogP contribution in [0.1, 0.15) is 16.1 Å². The molecular weight excluding hydrogens is 329 g/mol. The van der Waals surface area contributed by atoms with Crippen LogP contribution in [0.4, 0.5) is 10.1 Å². The SMILES string of the molecule is Cc1nc(-c2ccc(F)cc2)ncc1C(=O)Nc1ccccc1Cl. The molecule has 0 fully saturated rings. The lowest BCUT2D eigenvalue weighted by Crippen LogP contribution is -2.15. The number of nitrogens with zero attached hydrogens (tertiary/aromatic N) is 2. The molecule has 0 spiro atoms. The molecule has 0 bridgehead atoms. The summed E-state index contributed by atoms with van der Waals surface area (Å²) in [5.41, 5.74) is 2.07. The van der Waals surface area contributed by atoms with Crippen LogP contribution in [0.5, 0.6) is 0 Å². The Balaban J connectivity index is 1.86. The molecule has 3 rings (SSSR count). The molecule has 1 heterocycles. The molecule has 1 N–H and O–H groups in total.